The minimum Gasteiger partial charge on any atom is -0.254 e. The van der Waals surface area contributed by atoms with Crippen LogP contribution in [-0.4, -0.2) is 12.5 Å². The lowest BCUT2D eigenvalue weighted by atomic mass is 10.8. The first-order chi connectivity index (χ1) is 2.64. The van der Waals surface area contributed by atoms with Crippen molar-refractivity contribution in [3.8, 4) is 0 Å². The average molecular weight is 134 g/mol. The fourth-order valence-electron chi connectivity index (χ4n) is 0. The van der Waals surface area contributed by atoms with Gasteiger partial charge in [0, 0.05) is 0 Å². The summed E-state index contributed by atoms with van der Waals surface area (Å²) in [7, 11) is 0. The predicted molar refractivity (Wildman–Crippen MR) is 19.4 cm³/mol. The highest BCUT2D eigenvalue weighted by Gasteiger charge is 2.11. The smallest absolute Gasteiger partial charge is 0.254 e. The molecule has 1 nitrogen and oxygen atoms in total. The number of carbonyl (C=O) groups is 1. The lowest BCUT2D eigenvalue weighted by Crippen LogP contribution is -2.00. The van der Waals surface area contributed by atoms with Crippen molar-refractivity contribution >= 4 is 18.4 Å². The van der Waals surface area contributed by atoms with Gasteiger partial charge < -0.3 is 0 Å². The monoisotopic (exact) mass is 134 g/mol. The van der Waals surface area contributed by atoms with Gasteiger partial charge in [-0.1, -0.05) is 0 Å². The van der Waals surface area contributed by atoms with Crippen LogP contribution in [0.4, 0.5) is 13.2 Å². The Hall–Kier alpha value is -0.250. The molecule has 0 spiro atoms. The topological polar surface area (TPSA) is 17.1 Å². The van der Waals surface area contributed by atoms with Crippen LogP contribution in [0.5, 0.6) is 0 Å². The van der Waals surface area contributed by atoms with E-state index in [2.05, 4.69) is 0 Å². The second-order valence-corrected chi connectivity index (χ2v) is 0.605. The Morgan fingerprint density at radius 2 is 1.57 bits per heavy atom. The molecule has 0 aromatic carbocycles. The van der Waals surface area contributed by atoms with Crippen LogP contribution >= 0.6 is 12.4 Å². The molecule has 0 bridgehead atoms. The van der Waals surface area contributed by atoms with Crippen LogP contribution in [0.15, 0.2) is 0 Å². The lowest BCUT2D eigenvalue weighted by molar-refractivity contribution is -0.140. The van der Waals surface area contributed by atoms with Gasteiger partial charge in [0.1, 0.15) is 0 Å². The highest BCUT2D eigenvalue weighted by molar-refractivity contribution is 5.85. The third-order valence-electron chi connectivity index (χ3n) is 0.172. The van der Waals surface area contributed by atoms with E-state index in [1.54, 1.807) is 0 Å². The zero-order chi connectivity index (χ0) is 5.15. The van der Waals surface area contributed by atoms with Crippen molar-refractivity contribution in [2.75, 3.05) is 0 Å². The maximum Gasteiger partial charge on any atom is 0.367 e. The first kappa shape index (κ1) is 9.89. The third-order valence-corrected chi connectivity index (χ3v) is 0.172. The predicted octanol–water partition coefficient (Wildman–Crippen LogP) is 1.17. The van der Waals surface area contributed by atoms with Gasteiger partial charge in [-0.05, 0) is 0 Å². The van der Waals surface area contributed by atoms with Gasteiger partial charge in [0.15, 0.2) is 0 Å². The normalized spacial score (nSPS) is 8.00. The van der Waals surface area contributed by atoms with Crippen molar-refractivity contribution in [1.82, 2.24) is 0 Å². The molecule has 0 unspecified atom stereocenters. The van der Waals surface area contributed by atoms with Gasteiger partial charge in [0.25, 0.3) is 0 Å². The number of hydrogen-bond donors (Lipinski definition) is 0. The molecule has 0 heterocycles. The summed E-state index contributed by atoms with van der Waals surface area (Å²) in [5.74, 6) is 0. The van der Waals surface area contributed by atoms with Crippen LogP contribution in [0.25, 0.3) is 0 Å². The van der Waals surface area contributed by atoms with Crippen LogP contribution in [0.2, 0.25) is 0 Å². The van der Waals surface area contributed by atoms with Crippen molar-refractivity contribution in [1.29, 1.82) is 0 Å². The molecule has 0 saturated heterocycles. The summed E-state index contributed by atoms with van der Waals surface area (Å²) >= 11 is 0. The van der Waals surface area contributed by atoms with E-state index in [0.29, 0.717) is 0 Å². The van der Waals surface area contributed by atoms with E-state index in [1.807, 2.05) is 0 Å². The zero-order valence-corrected chi connectivity index (χ0v) is 3.84. The zero-order valence-electron chi connectivity index (χ0n) is 3.03. The number of halogens is 4. The molecule has 0 saturated carbocycles. The summed E-state index contributed by atoms with van der Waals surface area (Å²) in [6, 6.07) is -2.57. The van der Waals surface area contributed by atoms with Crippen molar-refractivity contribution < 1.29 is 18.0 Å². The van der Waals surface area contributed by atoms with E-state index in [0.717, 1.165) is 0 Å². The summed E-state index contributed by atoms with van der Waals surface area (Å²) < 4.78 is 31.3. The fraction of sp³-hybridized carbons (Fsp3) is 0.500. The van der Waals surface area contributed by atoms with E-state index >= 15 is 0 Å². The Labute approximate surface area is 43.9 Å². The summed E-state index contributed by atoms with van der Waals surface area (Å²) in [5, 5.41) is 0. The van der Waals surface area contributed by atoms with Gasteiger partial charge in [-0.2, -0.15) is 13.2 Å². The van der Waals surface area contributed by atoms with Gasteiger partial charge in [0.05, 0.1) is 0 Å². The molecule has 0 fully saturated rings. The van der Waals surface area contributed by atoms with E-state index in [4.69, 9.17) is 4.79 Å². The molecule has 0 aliphatic rings. The molecule has 0 radical (unpaired) electrons. The lowest BCUT2D eigenvalue weighted by Gasteiger charge is -1.78. The average Bonchev–Trinajstić information content (AvgIpc) is 1.36. The van der Waals surface area contributed by atoms with Crippen molar-refractivity contribution in [3.05, 3.63) is 0 Å². The molecule has 7 heavy (non-hydrogen) atoms. The molecule has 0 aromatic heterocycles. The highest BCUT2D eigenvalue weighted by atomic mass is 35.5. The number of hydrogen-bond acceptors (Lipinski definition) is 1. The quantitative estimate of drug-likeness (QED) is 0.492. The Morgan fingerprint density at radius 3 is 1.57 bits per heavy atom. The van der Waals surface area contributed by atoms with Crippen LogP contribution in [-0.2, 0) is 4.79 Å². The van der Waals surface area contributed by atoms with Crippen molar-refractivity contribution in [3.63, 3.8) is 0 Å². The van der Waals surface area contributed by atoms with Crippen molar-refractivity contribution in [2.45, 2.75) is 6.43 Å². The van der Waals surface area contributed by atoms with E-state index in [1.165, 1.54) is 0 Å². The number of carbonyl (C=O) groups excluding carboxylic acids is 1. The largest absolute Gasteiger partial charge is 0.367 e. The van der Waals surface area contributed by atoms with E-state index in [-0.39, 0.29) is 12.4 Å². The fourth-order valence-corrected chi connectivity index (χ4v) is 0. The maximum absolute atomic E-state index is 10.4. The number of alkyl halides is 2. The van der Waals surface area contributed by atoms with E-state index in [9.17, 15) is 13.2 Å². The molecule has 0 aliphatic heterocycles. The Morgan fingerprint density at radius 1 is 1.43 bits per heavy atom. The van der Waals surface area contributed by atoms with Gasteiger partial charge in [-0.25, -0.2) is 0 Å². The van der Waals surface area contributed by atoms with Crippen LogP contribution in [0.1, 0.15) is 0 Å². The Bertz CT molecular complexity index is 64.0. The molecule has 44 valence electrons. The summed E-state index contributed by atoms with van der Waals surface area (Å²) in [4.78, 5) is 8.73. The van der Waals surface area contributed by atoms with Gasteiger partial charge in [-0.15, -0.1) is 12.4 Å². The molecular weight excluding hydrogens is 132 g/mol. The maximum atomic E-state index is 10.4. The molecular formula is C2H2ClF3O. The summed E-state index contributed by atoms with van der Waals surface area (Å²) in [6.07, 6.45) is -3.45. The minimum absolute atomic E-state index is 0. The first-order valence-corrected chi connectivity index (χ1v) is 1.12. The summed E-state index contributed by atoms with van der Waals surface area (Å²) in [6.45, 7) is 0. The van der Waals surface area contributed by atoms with Crippen LogP contribution in [0.3, 0.4) is 0 Å². The minimum atomic E-state index is -3.45. The molecule has 5 heteroatoms. The first-order valence-electron chi connectivity index (χ1n) is 1.12. The highest BCUT2D eigenvalue weighted by Crippen LogP contribution is 1.92. The van der Waals surface area contributed by atoms with Crippen LogP contribution in [0, 0.1) is 0 Å². The molecule has 0 amide bonds. The van der Waals surface area contributed by atoms with Crippen molar-refractivity contribution in [2.24, 2.45) is 0 Å². The van der Waals surface area contributed by atoms with Gasteiger partial charge in [-0.3, -0.25) is 4.79 Å². The summed E-state index contributed by atoms with van der Waals surface area (Å²) in [5.41, 5.74) is 0. The molecule has 0 rings (SSSR count). The second-order valence-electron chi connectivity index (χ2n) is 0.605. The van der Waals surface area contributed by atoms with Crippen LogP contribution < -0.4 is 0 Å². The van der Waals surface area contributed by atoms with Gasteiger partial charge >= 0.3 is 12.5 Å². The second kappa shape index (κ2) is 3.92. The van der Waals surface area contributed by atoms with E-state index < -0.39 is 12.5 Å². The molecule has 0 aromatic rings. The molecule has 0 atom stereocenters. The Balaban J connectivity index is 0. The number of rotatable bonds is 1. The standard InChI is InChI=1S/C2HF3O.ClH/c3-1(4)2(5)6;/h1H;1H. The molecule has 0 N–H and O–H groups in total. The molecule has 0 aliphatic carbocycles. The Kier molecular flexibility index (Phi) is 5.54. The third kappa shape index (κ3) is 5.75. The SMILES string of the molecule is Cl.O=C(F)C(F)F. The van der Waals surface area contributed by atoms with Gasteiger partial charge in [0.2, 0.25) is 0 Å².